The summed E-state index contributed by atoms with van der Waals surface area (Å²) in [5, 5.41) is 11.4. The minimum atomic E-state index is -0.315. The first-order valence-corrected chi connectivity index (χ1v) is 8.52. The largest absolute Gasteiger partial charge is 0.309 e. The average Bonchev–Trinajstić information content (AvgIpc) is 3.12. The second-order valence-corrected chi connectivity index (χ2v) is 6.17. The summed E-state index contributed by atoms with van der Waals surface area (Å²) in [6, 6.07) is 11.4. The summed E-state index contributed by atoms with van der Waals surface area (Å²) in [7, 11) is 0. The number of hydrogen-bond acceptors (Lipinski definition) is 6. The lowest BCUT2D eigenvalue weighted by Crippen LogP contribution is -2.46. The van der Waals surface area contributed by atoms with Crippen LogP contribution < -0.4 is 5.32 Å². The molecule has 132 valence electrons. The fourth-order valence-corrected chi connectivity index (χ4v) is 3.05. The van der Waals surface area contributed by atoms with Gasteiger partial charge in [-0.1, -0.05) is 30.3 Å². The first-order chi connectivity index (χ1) is 12.7. The van der Waals surface area contributed by atoms with Gasteiger partial charge in [-0.05, 0) is 13.0 Å². The summed E-state index contributed by atoms with van der Waals surface area (Å²) in [5.41, 5.74) is 1.05. The molecule has 0 bridgehead atoms. The number of nitrogens with zero attached hydrogens (tertiary/aromatic N) is 6. The fourth-order valence-electron chi connectivity index (χ4n) is 3.05. The molecule has 3 heterocycles. The Balaban J connectivity index is 1.47. The fraction of sp³-hybridized carbons (Fsp3) is 0.278. The monoisotopic (exact) mass is 349 g/mol. The average molecular weight is 349 g/mol. The Morgan fingerprint density at radius 2 is 1.85 bits per heavy atom. The van der Waals surface area contributed by atoms with Crippen LogP contribution in [0.25, 0.3) is 11.4 Å². The van der Waals surface area contributed by atoms with Gasteiger partial charge in [-0.15, -0.1) is 10.2 Å². The molecule has 0 saturated carbocycles. The molecule has 0 saturated heterocycles. The third-order valence-corrected chi connectivity index (χ3v) is 4.54. The van der Waals surface area contributed by atoms with Gasteiger partial charge in [-0.3, -0.25) is 15.0 Å². The van der Waals surface area contributed by atoms with Crippen molar-refractivity contribution in [3.8, 4) is 11.4 Å². The number of anilines is 1. The number of hydrogen-bond donors (Lipinski definition) is 1. The molecule has 0 spiro atoms. The first-order valence-electron chi connectivity index (χ1n) is 8.52. The van der Waals surface area contributed by atoms with E-state index in [9.17, 15) is 4.79 Å². The molecule has 1 aliphatic rings. The lowest BCUT2D eigenvalue weighted by atomic mass is 10.2. The maximum Gasteiger partial charge on any atom is 0.243 e. The van der Waals surface area contributed by atoms with Gasteiger partial charge in [0.25, 0.3) is 0 Å². The number of carbonyl (C=O) groups is 1. The second-order valence-electron chi connectivity index (χ2n) is 6.17. The smallest absolute Gasteiger partial charge is 0.243 e. The van der Waals surface area contributed by atoms with Crippen molar-refractivity contribution in [2.45, 2.75) is 26.1 Å². The number of benzene rings is 1. The van der Waals surface area contributed by atoms with Gasteiger partial charge in [0.2, 0.25) is 11.9 Å². The summed E-state index contributed by atoms with van der Waals surface area (Å²) in [5.74, 6) is 1.92. The number of aromatic nitrogens is 5. The van der Waals surface area contributed by atoms with E-state index in [-0.39, 0.29) is 11.9 Å². The molecular weight excluding hydrogens is 330 g/mol. The van der Waals surface area contributed by atoms with Gasteiger partial charge in [0.15, 0.2) is 5.82 Å². The van der Waals surface area contributed by atoms with Crippen molar-refractivity contribution in [3.05, 3.63) is 54.6 Å². The maximum absolute atomic E-state index is 12.5. The highest BCUT2D eigenvalue weighted by Gasteiger charge is 2.28. The SMILES string of the molecule is C[C@@H](C(=O)Nc1ncccn1)N1CCn2c(nnc2-c2ccccc2)C1. The molecule has 8 heteroatoms. The zero-order valence-electron chi connectivity index (χ0n) is 14.4. The third-order valence-electron chi connectivity index (χ3n) is 4.54. The van der Waals surface area contributed by atoms with Crippen molar-refractivity contribution in [2.75, 3.05) is 11.9 Å². The number of rotatable bonds is 4. The third kappa shape index (κ3) is 3.18. The lowest BCUT2D eigenvalue weighted by Gasteiger charge is -2.31. The van der Waals surface area contributed by atoms with E-state index in [4.69, 9.17) is 0 Å². The summed E-state index contributed by atoms with van der Waals surface area (Å²) in [4.78, 5) is 22.6. The summed E-state index contributed by atoms with van der Waals surface area (Å²) in [6.45, 7) is 3.94. The predicted octanol–water partition coefficient (Wildman–Crippen LogP) is 1.58. The molecule has 8 nitrogen and oxygen atoms in total. The molecular formula is C18H19N7O. The van der Waals surface area contributed by atoms with E-state index in [1.807, 2.05) is 37.3 Å². The maximum atomic E-state index is 12.5. The van der Waals surface area contributed by atoms with E-state index < -0.39 is 0 Å². The molecule has 1 aliphatic heterocycles. The molecule has 1 atom stereocenters. The molecule has 0 fully saturated rings. The summed E-state index contributed by atoms with van der Waals surface area (Å²) < 4.78 is 2.12. The molecule has 3 aromatic rings. The normalized spacial score (nSPS) is 15.3. The van der Waals surface area contributed by atoms with Crippen LogP contribution in [-0.2, 0) is 17.9 Å². The van der Waals surface area contributed by atoms with Gasteiger partial charge in [-0.25, -0.2) is 9.97 Å². The lowest BCUT2D eigenvalue weighted by molar-refractivity contribution is -0.121. The molecule has 1 N–H and O–H groups in total. The van der Waals surface area contributed by atoms with Gasteiger partial charge in [0, 0.05) is 31.0 Å². The Morgan fingerprint density at radius 3 is 2.62 bits per heavy atom. The number of carbonyl (C=O) groups excluding carboxylic acids is 1. The second kappa shape index (κ2) is 7.01. The van der Waals surface area contributed by atoms with Gasteiger partial charge in [0.1, 0.15) is 5.82 Å². The highest BCUT2D eigenvalue weighted by atomic mass is 16.2. The minimum absolute atomic E-state index is 0.132. The van der Waals surface area contributed by atoms with E-state index in [2.05, 4.69) is 34.9 Å². The molecule has 1 amide bonds. The Morgan fingerprint density at radius 1 is 1.08 bits per heavy atom. The van der Waals surface area contributed by atoms with E-state index in [1.54, 1.807) is 18.5 Å². The Kier molecular flexibility index (Phi) is 4.40. The standard InChI is InChI=1S/C18H19N7O/c1-13(17(26)21-18-19-8-5-9-20-18)24-10-11-25-15(12-24)22-23-16(25)14-6-3-2-4-7-14/h2-9,13H,10-12H2,1H3,(H,19,20,21,26)/t13-/m0/s1. The van der Waals surface area contributed by atoms with E-state index in [1.165, 1.54) is 0 Å². The first kappa shape index (κ1) is 16.3. The summed E-state index contributed by atoms with van der Waals surface area (Å²) in [6.07, 6.45) is 3.20. The molecule has 0 aliphatic carbocycles. The van der Waals surface area contributed by atoms with Crippen molar-refractivity contribution in [3.63, 3.8) is 0 Å². The van der Waals surface area contributed by atoms with Crippen molar-refractivity contribution in [2.24, 2.45) is 0 Å². The van der Waals surface area contributed by atoms with Crippen LogP contribution in [0.1, 0.15) is 12.7 Å². The Hall–Kier alpha value is -3.13. The number of fused-ring (bicyclic) bond motifs is 1. The molecule has 26 heavy (non-hydrogen) atoms. The van der Waals surface area contributed by atoms with Crippen LogP contribution in [0, 0.1) is 0 Å². The van der Waals surface area contributed by atoms with Crippen LogP contribution in [0.3, 0.4) is 0 Å². The molecule has 1 aromatic carbocycles. The predicted molar refractivity (Wildman–Crippen MR) is 96.0 cm³/mol. The summed E-state index contributed by atoms with van der Waals surface area (Å²) >= 11 is 0. The van der Waals surface area contributed by atoms with E-state index in [0.717, 1.165) is 30.3 Å². The van der Waals surface area contributed by atoms with Crippen LogP contribution in [0.2, 0.25) is 0 Å². The van der Waals surface area contributed by atoms with E-state index in [0.29, 0.717) is 12.5 Å². The quantitative estimate of drug-likeness (QED) is 0.769. The van der Waals surface area contributed by atoms with Gasteiger partial charge >= 0.3 is 0 Å². The number of nitrogens with one attached hydrogen (secondary N) is 1. The Bertz CT molecular complexity index is 894. The van der Waals surface area contributed by atoms with Crippen LogP contribution in [-0.4, -0.2) is 48.1 Å². The van der Waals surface area contributed by atoms with Crippen molar-refractivity contribution >= 4 is 11.9 Å². The van der Waals surface area contributed by atoms with Crippen LogP contribution >= 0.6 is 0 Å². The highest BCUT2D eigenvalue weighted by molar-refractivity contribution is 5.93. The zero-order valence-corrected chi connectivity index (χ0v) is 14.4. The van der Waals surface area contributed by atoms with Crippen molar-refractivity contribution < 1.29 is 4.79 Å². The topological polar surface area (TPSA) is 88.8 Å². The van der Waals surface area contributed by atoms with E-state index >= 15 is 0 Å². The van der Waals surface area contributed by atoms with Crippen molar-refractivity contribution in [1.82, 2.24) is 29.6 Å². The minimum Gasteiger partial charge on any atom is -0.309 e. The molecule has 4 rings (SSSR count). The van der Waals surface area contributed by atoms with Gasteiger partial charge in [-0.2, -0.15) is 0 Å². The van der Waals surface area contributed by atoms with Crippen LogP contribution in [0.15, 0.2) is 48.8 Å². The Labute approximate surface area is 150 Å². The van der Waals surface area contributed by atoms with Gasteiger partial charge < -0.3 is 4.57 Å². The van der Waals surface area contributed by atoms with Crippen LogP contribution in [0.5, 0.6) is 0 Å². The van der Waals surface area contributed by atoms with Crippen LogP contribution in [0.4, 0.5) is 5.95 Å². The molecule has 0 radical (unpaired) electrons. The molecule has 2 aromatic heterocycles. The molecule has 0 unspecified atom stereocenters. The van der Waals surface area contributed by atoms with Gasteiger partial charge in [0.05, 0.1) is 12.6 Å². The highest BCUT2D eigenvalue weighted by Crippen LogP contribution is 2.22. The van der Waals surface area contributed by atoms with Crippen molar-refractivity contribution in [1.29, 1.82) is 0 Å². The number of amides is 1. The zero-order chi connectivity index (χ0) is 17.9.